The molecule has 4 unspecified atom stereocenters. The van der Waals surface area contributed by atoms with E-state index in [0.29, 0.717) is 0 Å². The van der Waals surface area contributed by atoms with Crippen LogP contribution in [0.3, 0.4) is 0 Å². The minimum atomic E-state index is 0.778. The molecular weight excluding hydrogens is 146 g/mol. The molecule has 1 aliphatic carbocycles. The highest BCUT2D eigenvalue weighted by Gasteiger charge is 2.40. The van der Waals surface area contributed by atoms with Crippen molar-refractivity contribution in [1.29, 1.82) is 0 Å². The standard InChI is InChI=1S/C11H23N/c1-5-6-8(2)11(12-4)10-7-9(10)3/h8-12H,5-7H2,1-4H3. The van der Waals surface area contributed by atoms with Crippen LogP contribution in [0, 0.1) is 17.8 Å². The van der Waals surface area contributed by atoms with Crippen molar-refractivity contribution >= 4 is 0 Å². The summed E-state index contributed by atoms with van der Waals surface area (Å²) in [6.45, 7) is 7.03. The van der Waals surface area contributed by atoms with Crippen LogP contribution in [0.15, 0.2) is 0 Å². The second-order valence-corrected chi connectivity index (χ2v) is 4.46. The lowest BCUT2D eigenvalue weighted by Crippen LogP contribution is -2.34. The molecule has 4 atom stereocenters. The Bertz CT molecular complexity index is 133. The predicted octanol–water partition coefficient (Wildman–Crippen LogP) is 2.67. The van der Waals surface area contributed by atoms with Gasteiger partial charge in [0.25, 0.3) is 0 Å². The maximum absolute atomic E-state index is 3.48. The maximum Gasteiger partial charge on any atom is 0.0121 e. The molecule has 0 amide bonds. The van der Waals surface area contributed by atoms with E-state index in [1.54, 1.807) is 0 Å². The molecule has 0 bridgehead atoms. The van der Waals surface area contributed by atoms with Gasteiger partial charge in [-0.2, -0.15) is 0 Å². The van der Waals surface area contributed by atoms with Crippen LogP contribution in [0.2, 0.25) is 0 Å². The van der Waals surface area contributed by atoms with Crippen molar-refractivity contribution in [3.8, 4) is 0 Å². The van der Waals surface area contributed by atoms with Gasteiger partial charge >= 0.3 is 0 Å². The normalized spacial score (nSPS) is 33.0. The van der Waals surface area contributed by atoms with Crippen molar-refractivity contribution in [2.45, 2.75) is 46.1 Å². The summed E-state index contributed by atoms with van der Waals surface area (Å²) < 4.78 is 0. The van der Waals surface area contributed by atoms with Gasteiger partial charge in [-0.3, -0.25) is 0 Å². The third-order valence-electron chi connectivity index (χ3n) is 3.32. The van der Waals surface area contributed by atoms with E-state index < -0.39 is 0 Å². The first-order chi connectivity index (χ1) is 5.70. The van der Waals surface area contributed by atoms with Crippen LogP contribution in [0.4, 0.5) is 0 Å². The number of hydrogen-bond acceptors (Lipinski definition) is 1. The monoisotopic (exact) mass is 169 g/mol. The molecular formula is C11H23N. The molecule has 1 saturated carbocycles. The molecule has 1 N–H and O–H groups in total. The number of hydrogen-bond donors (Lipinski definition) is 1. The van der Waals surface area contributed by atoms with Crippen LogP contribution in [0.5, 0.6) is 0 Å². The number of rotatable bonds is 5. The number of nitrogens with one attached hydrogen (secondary N) is 1. The van der Waals surface area contributed by atoms with Crippen LogP contribution in [-0.4, -0.2) is 13.1 Å². The van der Waals surface area contributed by atoms with Crippen molar-refractivity contribution in [1.82, 2.24) is 5.32 Å². The summed E-state index contributed by atoms with van der Waals surface area (Å²) in [6, 6.07) is 0.778. The Kier molecular flexibility index (Phi) is 3.57. The molecule has 1 heteroatoms. The molecule has 0 aliphatic heterocycles. The van der Waals surface area contributed by atoms with Crippen LogP contribution in [0.25, 0.3) is 0 Å². The first-order valence-electron chi connectivity index (χ1n) is 5.38. The van der Waals surface area contributed by atoms with Gasteiger partial charge < -0.3 is 5.32 Å². The molecule has 72 valence electrons. The molecule has 0 aromatic heterocycles. The van der Waals surface area contributed by atoms with Gasteiger partial charge in [-0.1, -0.05) is 27.2 Å². The fourth-order valence-electron chi connectivity index (χ4n) is 2.41. The lowest BCUT2D eigenvalue weighted by Gasteiger charge is -2.23. The topological polar surface area (TPSA) is 12.0 Å². The van der Waals surface area contributed by atoms with Gasteiger partial charge in [0.1, 0.15) is 0 Å². The van der Waals surface area contributed by atoms with Gasteiger partial charge in [-0.15, -0.1) is 0 Å². The van der Waals surface area contributed by atoms with E-state index in [0.717, 1.165) is 23.8 Å². The van der Waals surface area contributed by atoms with Crippen LogP contribution < -0.4 is 5.32 Å². The molecule has 0 spiro atoms. The molecule has 0 radical (unpaired) electrons. The van der Waals surface area contributed by atoms with E-state index in [4.69, 9.17) is 0 Å². The van der Waals surface area contributed by atoms with Crippen molar-refractivity contribution in [3.05, 3.63) is 0 Å². The van der Waals surface area contributed by atoms with E-state index in [-0.39, 0.29) is 0 Å². The fourth-order valence-corrected chi connectivity index (χ4v) is 2.41. The largest absolute Gasteiger partial charge is 0.316 e. The smallest absolute Gasteiger partial charge is 0.0121 e. The van der Waals surface area contributed by atoms with Gasteiger partial charge in [0.15, 0.2) is 0 Å². The molecule has 1 aliphatic rings. The molecule has 0 heterocycles. The maximum atomic E-state index is 3.48. The van der Waals surface area contributed by atoms with Gasteiger partial charge in [-0.25, -0.2) is 0 Å². The first-order valence-corrected chi connectivity index (χ1v) is 5.38. The van der Waals surface area contributed by atoms with E-state index in [2.05, 4.69) is 33.1 Å². The van der Waals surface area contributed by atoms with Crippen molar-refractivity contribution < 1.29 is 0 Å². The minimum Gasteiger partial charge on any atom is -0.316 e. The van der Waals surface area contributed by atoms with Gasteiger partial charge in [-0.05, 0) is 37.6 Å². The van der Waals surface area contributed by atoms with Crippen molar-refractivity contribution in [2.75, 3.05) is 7.05 Å². The SMILES string of the molecule is CCCC(C)C(NC)C1CC1C. The highest BCUT2D eigenvalue weighted by molar-refractivity contribution is 4.93. The second-order valence-electron chi connectivity index (χ2n) is 4.46. The Labute approximate surface area is 76.9 Å². The van der Waals surface area contributed by atoms with Crippen molar-refractivity contribution in [3.63, 3.8) is 0 Å². The quantitative estimate of drug-likeness (QED) is 0.667. The summed E-state index contributed by atoms with van der Waals surface area (Å²) in [5, 5.41) is 3.48. The minimum absolute atomic E-state index is 0.778. The van der Waals surface area contributed by atoms with Gasteiger partial charge in [0, 0.05) is 6.04 Å². The third kappa shape index (κ3) is 2.22. The summed E-state index contributed by atoms with van der Waals surface area (Å²) in [4.78, 5) is 0. The zero-order valence-corrected chi connectivity index (χ0v) is 8.93. The van der Waals surface area contributed by atoms with E-state index in [1.807, 2.05) is 0 Å². The Morgan fingerprint density at radius 1 is 1.50 bits per heavy atom. The molecule has 0 saturated heterocycles. The van der Waals surface area contributed by atoms with E-state index in [9.17, 15) is 0 Å². The van der Waals surface area contributed by atoms with Gasteiger partial charge in [0.2, 0.25) is 0 Å². The zero-order chi connectivity index (χ0) is 9.14. The Morgan fingerprint density at radius 3 is 2.42 bits per heavy atom. The highest BCUT2D eigenvalue weighted by Crippen LogP contribution is 2.43. The average Bonchev–Trinajstić information content (AvgIpc) is 2.69. The Hall–Kier alpha value is -0.0400. The van der Waals surface area contributed by atoms with E-state index in [1.165, 1.54) is 19.3 Å². The molecule has 1 nitrogen and oxygen atoms in total. The third-order valence-corrected chi connectivity index (χ3v) is 3.32. The lowest BCUT2D eigenvalue weighted by atomic mass is 9.92. The zero-order valence-electron chi connectivity index (χ0n) is 8.93. The second kappa shape index (κ2) is 4.27. The van der Waals surface area contributed by atoms with Crippen LogP contribution in [0.1, 0.15) is 40.0 Å². The molecule has 0 aromatic rings. The summed E-state index contributed by atoms with van der Waals surface area (Å²) in [6.07, 6.45) is 4.13. The van der Waals surface area contributed by atoms with E-state index >= 15 is 0 Å². The lowest BCUT2D eigenvalue weighted by molar-refractivity contribution is 0.331. The van der Waals surface area contributed by atoms with Crippen LogP contribution in [-0.2, 0) is 0 Å². The first kappa shape index (κ1) is 10.0. The molecule has 12 heavy (non-hydrogen) atoms. The summed E-state index contributed by atoms with van der Waals surface area (Å²) >= 11 is 0. The Morgan fingerprint density at radius 2 is 2.08 bits per heavy atom. The summed E-state index contributed by atoms with van der Waals surface area (Å²) in [5.74, 6) is 2.80. The van der Waals surface area contributed by atoms with Gasteiger partial charge in [0.05, 0.1) is 0 Å². The summed E-state index contributed by atoms with van der Waals surface area (Å²) in [7, 11) is 2.11. The average molecular weight is 169 g/mol. The highest BCUT2D eigenvalue weighted by atomic mass is 14.9. The molecule has 0 aromatic carbocycles. The fraction of sp³-hybridized carbons (Fsp3) is 1.00. The summed E-state index contributed by atoms with van der Waals surface area (Å²) in [5.41, 5.74) is 0. The molecule has 1 fully saturated rings. The predicted molar refractivity (Wildman–Crippen MR) is 54.2 cm³/mol. The Balaban J connectivity index is 2.33. The molecule has 1 rings (SSSR count). The van der Waals surface area contributed by atoms with Crippen molar-refractivity contribution in [2.24, 2.45) is 17.8 Å². The van der Waals surface area contributed by atoms with Crippen LogP contribution >= 0.6 is 0 Å².